The molecule has 0 atom stereocenters. The van der Waals surface area contributed by atoms with Gasteiger partial charge in [-0.25, -0.2) is 0 Å². The van der Waals surface area contributed by atoms with Crippen LogP contribution in [0.4, 0.5) is 0 Å². The molecule has 0 heterocycles. The molecule has 0 unspecified atom stereocenters. The zero-order chi connectivity index (χ0) is 7.15. The number of carboxylic acid groups (broad SMARTS) is 1. The second kappa shape index (κ2) is 23.0. The molecule has 2 nitrogen and oxygen atoms in total. The molecule has 0 radical (unpaired) electrons. The number of thiocarbonyl (C=S) groups is 1. The maximum atomic E-state index is 8.89. The average molecular weight is 236 g/mol. The fourth-order valence-electron chi connectivity index (χ4n) is 0. The summed E-state index contributed by atoms with van der Waals surface area (Å²) in [6, 6.07) is 0. The summed E-state index contributed by atoms with van der Waals surface area (Å²) in [6.45, 7) is 2.56. The second-order valence-electron chi connectivity index (χ2n) is 0.644. The molecule has 0 saturated carbocycles. The van der Waals surface area contributed by atoms with E-state index in [1.54, 1.807) is 0 Å². The van der Waals surface area contributed by atoms with E-state index in [0.29, 0.717) is 0 Å². The summed E-state index contributed by atoms with van der Waals surface area (Å²) in [6.07, 6.45) is 0. The van der Waals surface area contributed by atoms with Gasteiger partial charge < -0.3 is 42.6 Å². The first-order valence-corrected chi connectivity index (χ1v) is 2.62. The molecule has 0 saturated heterocycles. The monoisotopic (exact) mass is 236 g/mol. The van der Waals surface area contributed by atoms with Gasteiger partial charge in [-0.2, -0.15) is 0 Å². The van der Waals surface area contributed by atoms with Crippen LogP contribution in [0.5, 0.6) is 0 Å². The van der Waals surface area contributed by atoms with Gasteiger partial charge >= 0.3 is 88.7 Å². The Balaban J connectivity index is -0.0000000171. The van der Waals surface area contributed by atoms with Gasteiger partial charge in [0.1, 0.15) is 0 Å². The predicted octanol–water partition coefficient (Wildman–Crippen LogP) is -8.72. The van der Waals surface area contributed by atoms with Gasteiger partial charge in [-0.1, -0.05) is 0 Å². The zero-order valence-corrected chi connectivity index (χ0v) is 15.2. The van der Waals surface area contributed by atoms with Crippen molar-refractivity contribution in [2.75, 3.05) is 0 Å². The molecule has 0 bridgehead atoms. The minimum Gasteiger partial charge on any atom is -0.570 e. The van der Waals surface area contributed by atoms with E-state index in [9.17, 15) is 0 Å². The third-order valence-electron chi connectivity index (χ3n) is 0. The van der Waals surface area contributed by atoms with Crippen molar-refractivity contribution >= 4 is 47.0 Å². The van der Waals surface area contributed by atoms with Crippen LogP contribution in [0.2, 0.25) is 0 Å². The van der Waals surface area contributed by atoms with Crippen LogP contribution in [-0.2, 0) is 30.1 Å². The van der Waals surface area contributed by atoms with E-state index >= 15 is 0 Å². The summed E-state index contributed by atoms with van der Waals surface area (Å²) < 4.78 is 0.167. The fraction of sp³-hybridized carbons (Fsp3) is 0. The average Bonchev–Trinajstić information content (AvgIpc) is 1.25. The van der Waals surface area contributed by atoms with Crippen molar-refractivity contribution in [1.29, 1.82) is 0 Å². The molecule has 0 rings (SSSR count). The third kappa shape index (κ3) is 185. The van der Waals surface area contributed by atoms with Gasteiger partial charge in [-0.05, 0) is 0 Å². The molecule has 1 N–H and O–H groups in total. The van der Waals surface area contributed by atoms with E-state index in [0.717, 1.165) is 0 Å². The van der Waals surface area contributed by atoms with Crippen LogP contribution in [0.3, 0.4) is 0 Å². The van der Waals surface area contributed by atoms with E-state index in [2.05, 4.69) is 44.4 Å². The summed E-state index contributed by atoms with van der Waals surface area (Å²) in [5, 5.41) is 7.31. The largest absolute Gasteiger partial charge is 1.00 e. The summed E-state index contributed by atoms with van der Waals surface area (Å²) in [5.41, 5.74) is 0. The number of hydrogen-bond donors (Lipinski definition) is 1. The van der Waals surface area contributed by atoms with Crippen molar-refractivity contribution in [3.05, 3.63) is 6.92 Å². The van der Waals surface area contributed by atoms with Crippen LogP contribution in [0.25, 0.3) is 0 Å². The molecular weight excluding hydrogens is 233 g/mol. The first-order valence-electron chi connectivity index (χ1n) is 1.39. The molecule has 8 heteroatoms. The zero-order valence-electron chi connectivity index (χ0n) is 6.79. The van der Waals surface area contributed by atoms with E-state index in [-0.39, 0.29) is 92.2 Å². The van der Waals surface area contributed by atoms with Gasteiger partial charge in [0.2, 0.25) is 0 Å². The Hall–Kier alpha value is 2.87. The summed E-state index contributed by atoms with van der Waals surface area (Å²) >= 11 is 12.5. The van der Waals surface area contributed by atoms with Crippen molar-refractivity contribution in [1.82, 2.24) is 0 Å². The Morgan fingerprint density at radius 1 is 1.27 bits per heavy atom. The second-order valence-corrected chi connectivity index (χ2v) is 2.64. The SMILES string of the molecule is S=C([S-])[S-].[CH2-]C(=O)O.[Na+].[Na+].[Na+]. The van der Waals surface area contributed by atoms with Crippen molar-refractivity contribution in [2.24, 2.45) is 0 Å². The van der Waals surface area contributed by atoms with E-state index in [4.69, 9.17) is 9.90 Å². The Morgan fingerprint density at radius 2 is 1.27 bits per heavy atom. The van der Waals surface area contributed by atoms with Gasteiger partial charge in [0.25, 0.3) is 0 Å². The summed E-state index contributed by atoms with van der Waals surface area (Å²) in [7, 11) is 0. The van der Waals surface area contributed by atoms with Crippen LogP contribution < -0.4 is 88.7 Å². The van der Waals surface area contributed by atoms with Gasteiger partial charge in [0, 0.05) is 0 Å². The smallest absolute Gasteiger partial charge is 0.570 e. The standard InChI is InChI=1S/C2H3O2.CH2S3.3Na/c1-2(3)4;2-1(3)4;;;/h1H2,(H,3,4);(H2,2,3,4);;;/q-1;;3*+1/p-2. The van der Waals surface area contributed by atoms with Crippen molar-refractivity contribution in [3.8, 4) is 0 Å². The molecule has 0 amide bonds. The number of hydrogen-bond acceptors (Lipinski definition) is 4. The fourth-order valence-corrected chi connectivity index (χ4v) is 0. The molecule has 0 aromatic rings. The van der Waals surface area contributed by atoms with Crippen molar-refractivity contribution in [3.63, 3.8) is 0 Å². The first kappa shape index (κ1) is 29.2. The summed E-state index contributed by atoms with van der Waals surface area (Å²) in [5.74, 6) is -1.08. The van der Waals surface area contributed by atoms with Crippen LogP contribution in [0.15, 0.2) is 0 Å². The van der Waals surface area contributed by atoms with Crippen molar-refractivity contribution in [2.45, 2.75) is 0 Å². The van der Waals surface area contributed by atoms with Crippen LogP contribution in [0.1, 0.15) is 0 Å². The predicted molar refractivity (Wildman–Crippen MR) is 40.3 cm³/mol. The molecule has 0 aliphatic rings. The van der Waals surface area contributed by atoms with Crippen molar-refractivity contribution < 1.29 is 98.6 Å². The molecule has 0 aliphatic carbocycles. The minimum absolute atomic E-state index is 0. The topological polar surface area (TPSA) is 37.3 Å². The number of aliphatic carboxylic acids is 1. The Bertz CT molecular complexity index is 79.8. The van der Waals surface area contributed by atoms with Gasteiger partial charge in [-0.15, -0.1) is 0 Å². The number of rotatable bonds is 0. The van der Waals surface area contributed by atoms with Gasteiger partial charge in [0.15, 0.2) is 5.97 Å². The minimum atomic E-state index is -1.08. The quantitative estimate of drug-likeness (QED) is 0.196. The number of carboxylic acids is 1. The molecule has 48 valence electrons. The van der Waals surface area contributed by atoms with E-state index in [1.165, 1.54) is 0 Å². The number of carbonyl (C=O) groups is 1. The van der Waals surface area contributed by atoms with E-state index in [1.807, 2.05) is 0 Å². The third-order valence-corrected chi connectivity index (χ3v) is 0. The van der Waals surface area contributed by atoms with E-state index < -0.39 is 5.97 Å². The Labute approximate surface area is 149 Å². The van der Waals surface area contributed by atoms with Crippen LogP contribution in [-0.4, -0.2) is 14.6 Å². The maximum Gasteiger partial charge on any atom is 1.00 e. The first-order chi connectivity index (χ1) is 3.46. The molecule has 0 aromatic heterocycles. The summed E-state index contributed by atoms with van der Waals surface area (Å²) in [4.78, 5) is 8.89. The molecule has 11 heavy (non-hydrogen) atoms. The van der Waals surface area contributed by atoms with Gasteiger partial charge in [-0.3, -0.25) is 15.2 Å². The molecule has 0 spiro atoms. The van der Waals surface area contributed by atoms with Crippen LogP contribution >= 0.6 is 12.2 Å². The van der Waals surface area contributed by atoms with Crippen LogP contribution in [0, 0.1) is 6.92 Å². The van der Waals surface area contributed by atoms with Gasteiger partial charge in [0.05, 0.1) is 0 Å². The molecule has 0 fully saturated rings. The molecular formula is C3H3Na3O2S3. The molecule has 0 aliphatic heterocycles. The normalized spacial score (nSPS) is 4.36. The maximum absolute atomic E-state index is 8.89. The Kier molecular flexibility index (Phi) is 61.2. The Morgan fingerprint density at radius 3 is 1.27 bits per heavy atom. The molecule has 0 aromatic carbocycles.